The van der Waals surface area contributed by atoms with E-state index in [0.29, 0.717) is 0 Å². The fraction of sp³-hybridized carbons (Fsp3) is 0.300. The van der Waals surface area contributed by atoms with Crippen molar-refractivity contribution in [2.45, 2.75) is 12.6 Å². The zero-order valence-electron chi connectivity index (χ0n) is 8.11. The summed E-state index contributed by atoms with van der Waals surface area (Å²) in [6.45, 7) is -0.387. The van der Waals surface area contributed by atoms with Gasteiger partial charge in [0.2, 0.25) is 0 Å². The third-order valence-corrected chi connectivity index (χ3v) is 1.85. The Labute approximate surface area is 89.5 Å². The van der Waals surface area contributed by atoms with Gasteiger partial charge in [0.1, 0.15) is 17.4 Å². The van der Waals surface area contributed by atoms with Crippen molar-refractivity contribution < 1.29 is 17.6 Å². The van der Waals surface area contributed by atoms with Crippen molar-refractivity contribution in [1.82, 2.24) is 0 Å². The molecule has 0 aliphatic carbocycles. The first-order valence-electron chi connectivity index (χ1n) is 4.43. The average Bonchev–Trinajstić information content (AvgIpc) is 2.16. The largest absolute Gasteiger partial charge is 0.390 e. The smallest absolute Gasteiger partial charge is 0.384 e. The molecule has 1 N–H and O–H groups in total. The number of alkyl halides is 3. The van der Waals surface area contributed by atoms with Crippen LogP contribution in [0.4, 0.5) is 23.2 Å². The van der Waals surface area contributed by atoms with Crippen LogP contribution in [0.1, 0.15) is 12.0 Å². The van der Waals surface area contributed by atoms with E-state index in [1.54, 1.807) is 6.07 Å². The van der Waals surface area contributed by atoms with Gasteiger partial charge in [-0.25, -0.2) is 4.39 Å². The van der Waals surface area contributed by atoms with Crippen LogP contribution in [0.5, 0.6) is 0 Å². The van der Waals surface area contributed by atoms with Gasteiger partial charge in [-0.15, -0.1) is 0 Å². The van der Waals surface area contributed by atoms with Gasteiger partial charge in [-0.3, -0.25) is 0 Å². The number of anilines is 1. The molecule has 1 aromatic carbocycles. The Bertz CT molecular complexity index is 406. The molecular formula is C10H8F4N2. The highest BCUT2D eigenvalue weighted by Gasteiger charge is 2.26. The Kier molecular flexibility index (Phi) is 3.72. The molecule has 0 saturated heterocycles. The highest BCUT2D eigenvalue weighted by Crippen LogP contribution is 2.21. The number of rotatable bonds is 3. The van der Waals surface area contributed by atoms with Gasteiger partial charge >= 0.3 is 6.18 Å². The Morgan fingerprint density at radius 1 is 1.31 bits per heavy atom. The lowest BCUT2D eigenvalue weighted by Crippen LogP contribution is -2.15. The van der Waals surface area contributed by atoms with Crippen molar-refractivity contribution in [3.8, 4) is 6.07 Å². The minimum absolute atomic E-state index is 0.0757. The Morgan fingerprint density at radius 3 is 2.56 bits per heavy atom. The molecule has 6 heteroatoms. The van der Waals surface area contributed by atoms with E-state index in [9.17, 15) is 17.6 Å². The van der Waals surface area contributed by atoms with E-state index in [4.69, 9.17) is 5.26 Å². The van der Waals surface area contributed by atoms with Crippen LogP contribution in [0, 0.1) is 17.1 Å². The Morgan fingerprint density at radius 2 is 2.00 bits per heavy atom. The topological polar surface area (TPSA) is 35.8 Å². The lowest BCUT2D eigenvalue weighted by atomic mass is 10.2. The molecular weight excluding hydrogens is 224 g/mol. The molecule has 0 aromatic heterocycles. The first-order chi connectivity index (χ1) is 7.44. The Balaban J connectivity index is 2.68. The fourth-order valence-corrected chi connectivity index (χ4v) is 1.12. The second-order valence-corrected chi connectivity index (χ2v) is 3.07. The van der Waals surface area contributed by atoms with Gasteiger partial charge in [0.05, 0.1) is 12.1 Å². The van der Waals surface area contributed by atoms with Crippen LogP contribution in [0.2, 0.25) is 0 Å². The summed E-state index contributed by atoms with van der Waals surface area (Å²) in [6, 6.07) is 5.35. The molecule has 1 rings (SSSR count). The molecule has 0 saturated carbocycles. The predicted molar refractivity (Wildman–Crippen MR) is 50.3 cm³/mol. The van der Waals surface area contributed by atoms with E-state index in [2.05, 4.69) is 5.32 Å². The summed E-state index contributed by atoms with van der Waals surface area (Å²) in [4.78, 5) is 0. The maximum atomic E-state index is 13.0. The summed E-state index contributed by atoms with van der Waals surface area (Å²) >= 11 is 0. The van der Waals surface area contributed by atoms with Crippen LogP contribution < -0.4 is 5.32 Å². The summed E-state index contributed by atoms with van der Waals surface area (Å²) in [5.41, 5.74) is -0.198. The number of hydrogen-bond donors (Lipinski definition) is 1. The highest BCUT2D eigenvalue weighted by molar-refractivity contribution is 5.57. The first kappa shape index (κ1) is 12.3. The van der Waals surface area contributed by atoms with Gasteiger partial charge in [-0.1, -0.05) is 6.07 Å². The zero-order chi connectivity index (χ0) is 12.2. The summed E-state index contributed by atoms with van der Waals surface area (Å²) in [6.07, 6.45) is -5.30. The molecule has 86 valence electrons. The number of benzene rings is 1. The number of nitriles is 1. The molecule has 0 spiro atoms. The molecule has 16 heavy (non-hydrogen) atoms. The molecule has 0 unspecified atom stereocenters. The summed E-state index contributed by atoms with van der Waals surface area (Å²) < 4.78 is 48.5. The van der Waals surface area contributed by atoms with Gasteiger partial charge < -0.3 is 5.32 Å². The van der Waals surface area contributed by atoms with Crippen molar-refractivity contribution in [3.63, 3.8) is 0 Å². The van der Waals surface area contributed by atoms with Crippen molar-refractivity contribution in [2.24, 2.45) is 0 Å². The van der Waals surface area contributed by atoms with Crippen molar-refractivity contribution >= 4 is 5.69 Å². The second kappa shape index (κ2) is 4.84. The van der Waals surface area contributed by atoms with Gasteiger partial charge in [-0.05, 0) is 12.1 Å². The van der Waals surface area contributed by atoms with Crippen molar-refractivity contribution in [2.75, 3.05) is 11.9 Å². The molecule has 0 bridgehead atoms. The quantitative estimate of drug-likeness (QED) is 0.813. The van der Waals surface area contributed by atoms with Crippen LogP contribution in [0.3, 0.4) is 0 Å². The maximum absolute atomic E-state index is 13.0. The SMILES string of the molecule is N#Cc1c(F)cccc1NCCC(F)(F)F. The molecule has 0 amide bonds. The normalized spacial score (nSPS) is 10.9. The van der Waals surface area contributed by atoms with Gasteiger partial charge in [-0.2, -0.15) is 18.4 Å². The molecule has 0 fully saturated rings. The maximum Gasteiger partial charge on any atom is 0.390 e. The molecule has 2 nitrogen and oxygen atoms in total. The number of nitrogens with one attached hydrogen (secondary N) is 1. The standard InChI is InChI=1S/C10H8F4N2/c11-8-2-1-3-9(7(8)6-15)16-5-4-10(12,13)14/h1-3,16H,4-5H2. The summed E-state index contributed by atoms with van der Waals surface area (Å²) in [7, 11) is 0. The van der Waals surface area contributed by atoms with Crippen LogP contribution in [-0.2, 0) is 0 Å². The summed E-state index contributed by atoms with van der Waals surface area (Å²) in [5.74, 6) is -0.750. The van der Waals surface area contributed by atoms with Gasteiger partial charge in [0, 0.05) is 6.54 Å². The molecule has 0 atom stereocenters. The fourth-order valence-electron chi connectivity index (χ4n) is 1.12. The molecule has 0 aliphatic heterocycles. The van der Waals surface area contributed by atoms with Crippen LogP contribution >= 0.6 is 0 Å². The Hall–Kier alpha value is -1.77. The van der Waals surface area contributed by atoms with E-state index in [1.165, 1.54) is 12.1 Å². The van der Waals surface area contributed by atoms with E-state index in [1.807, 2.05) is 0 Å². The van der Waals surface area contributed by atoms with Gasteiger partial charge in [0.25, 0.3) is 0 Å². The molecule has 0 heterocycles. The van der Waals surface area contributed by atoms with Gasteiger partial charge in [0.15, 0.2) is 0 Å². The molecule has 1 aromatic rings. The van der Waals surface area contributed by atoms with Crippen LogP contribution in [-0.4, -0.2) is 12.7 Å². The van der Waals surface area contributed by atoms with E-state index >= 15 is 0 Å². The zero-order valence-corrected chi connectivity index (χ0v) is 8.11. The molecule has 0 radical (unpaired) electrons. The summed E-state index contributed by atoms with van der Waals surface area (Å²) in [5, 5.41) is 11.0. The van der Waals surface area contributed by atoms with E-state index in [0.717, 1.165) is 6.07 Å². The predicted octanol–water partition coefficient (Wildman–Crippen LogP) is 3.06. The second-order valence-electron chi connectivity index (χ2n) is 3.07. The van der Waals surface area contributed by atoms with E-state index < -0.39 is 18.4 Å². The number of hydrogen-bond acceptors (Lipinski definition) is 2. The third-order valence-electron chi connectivity index (χ3n) is 1.85. The lowest BCUT2D eigenvalue weighted by molar-refractivity contribution is -0.131. The minimum Gasteiger partial charge on any atom is -0.384 e. The molecule has 0 aliphatic rings. The number of halogens is 4. The first-order valence-corrected chi connectivity index (χ1v) is 4.43. The van der Waals surface area contributed by atoms with Crippen LogP contribution in [0.25, 0.3) is 0 Å². The monoisotopic (exact) mass is 232 g/mol. The van der Waals surface area contributed by atoms with E-state index in [-0.39, 0.29) is 17.8 Å². The van der Waals surface area contributed by atoms with Crippen molar-refractivity contribution in [1.29, 1.82) is 5.26 Å². The van der Waals surface area contributed by atoms with Crippen molar-refractivity contribution in [3.05, 3.63) is 29.6 Å². The minimum atomic E-state index is -4.27. The highest BCUT2D eigenvalue weighted by atomic mass is 19.4. The third kappa shape index (κ3) is 3.42. The van der Waals surface area contributed by atoms with Crippen LogP contribution in [0.15, 0.2) is 18.2 Å². The number of nitrogens with zero attached hydrogens (tertiary/aromatic N) is 1. The average molecular weight is 232 g/mol. The lowest BCUT2D eigenvalue weighted by Gasteiger charge is -2.10.